The first-order valence-corrected chi connectivity index (χ1v) is 9.86. The zero-order valence-electron chi connectivity index (χ0n) is 14.7. The van der Waals surface area contributed by atoms with E-state index >= 15 is 0 Å². The fourth-order valence-electron chi connectivity index (χ4n) is 3.56. The number of hydrogen-bond acceptors (Lipinski definition) is 6. The van der Waals surface area contributed by atoms with E-state index in [-0.39, 0.29) is 42.2 Å². The Morgan fingerprint density at radius 1 is 1.12 bits per heavy atom. The molecule has 25 heavy (non-hydrogen) atoms. The molecule has 1 aromatic rings. The molecule has 138 valence electrons. The normalized spacial score (nSPS) is 25.0. The molecule has 0 saturated carbocycles. The Balaban J connectivity index is 1.92. The molecule has 2 saturated heterocycles. The number of piperazine rings is 1. The Bertz CT molecular complexity index is 816. The lowest BCUT2D eigenvalue weighted by molar-refractivity contribution is 0.0387. The van der Waals surface area contributed by atoms with Gasteiger partial charge in [-0.3, -0.25) is 4.79 Å². The fraction of sp³-hybridized carbons (Fsp3) is 0.667. The van der Waals surface area contributed by atoms with Crippen LogP contribution in [0.1, 0.15) is 22.1 Å². The topological polar surface area (TPSA) is 104 Å². The maximum absolute atomic E-state index is 12.9. The molecule has 3 rings (SSSR count). The molecule has 2 fully saturated rings. The highest BCUT2D eigenvalue weighted by Crippen LogP contribution is 2.29. The molecule has 3 heterocycles. The SMILES string of the molecule is Cc1nc(C(=O)N2CCN(C(=O)N(C)C)[C@@H]3CS(=O)(=O)C[C@@H]32)c(C)o1. The third-order valence-corrected chi connectivity index (χ3v) is 6.37. The van der Waals surface area contributed by atoms with E-state index in [9.17, 15) is 18.0 Å². The van der Waals surface area contributed by atoms with E-state index in [0.717, 1.165) is 0 Å². The van der Waals surface area contributed by atoms with Gasteiger partial charge in [0.05, 0.1) is 23.6 Å². The second-order valence-electron chi connectivity index (χ2n) is 6.72. The lowest BCUT2D eigenvalue weighted by atomic mass is 10.0. The van der Waals surface area contributed by atoms with Crippen molar-refractivity contribution in [2.75, 3.05) is 38.7 Å². The van der Waals surface area contributed by atoms with E-state index in [2.05, 4.69) is 4.98 Å². The number of nitrogens with zero attached hydrogens (tertiary/aromatic N) is 4. The van der Waals surface area contributed by atoms with Gasteiger partial charge >= 0.3 is 6.03 Å². The molecule has 1 aromatic heterocycles. The third kappa shape index (κ3) is 3.10. The number of amides is 3. The minimum Gasteiger partial charge on any atom is -0.445 e. The van der Waals surface area contributed by atoms with Crippen LogP contribution in [0, 0.1) is 13.8 Å². The van der Waals surface area contributed by atoms with Gasteiger partial charge in [0, 0.05) is 34.1 Å². The first-order valence-electron chi connectivity index (χ1n) is 8.04. The molecular formula is C15H22N4O5S. The molecule has 0 radical (unpaired) electrons. The zero-order valence-corrected chi connectivity index (χ0v) is 15.5. The first kappa shape index (κ1) is 17.7. The average molecular weight is 370 g/mol. The molecule has 0 N–H and O–H groups in total. The molecule has 0 bridgehead atoms. The molecular weight excluding hydrogens is 348 g/mol. The molecule has 0 unspecified atom stereocenters. The van der Waals surface area contributed by atoms with Crippen LogP contribution in [0.5, 0.6) is 0 Å². The monoisotopic (exact) mass is 370 g/mol. The minimum absolute atomic E-state index is 0.127. The summed E-state index contributed by atoms with van der Waals surface area (Å²) in [7, 11) is -0.0750. The van der Waals surface area contributed by atoms with Crippen LogP contribution in [0.4, 0.5) is 4.79 Å². The van der Waals surface area contributed by atoms with Crippen LogP contribution in [0.2, 0.25) is 0 Å². The van der Waals surface area contributed by atoms with Crippen LogP contribution in [-0.4, -0.2) is 90.8 Å². The largest absolute Gasteiger partial charge is 0.445 e. The van der Waals surface area contributed by atoms with Crippen molar-refractivity contribution in [3.8, 4) is 0 Å². The van der Waals surface area contributed by atoms with Gasteiger partial charge < -0.3 is 19.1 Å². The smallest absolute Gasteiger partial charge is 0.319 e. The summed E-state index contributed by atoms with van der Waals surface area (Å²) in [6.45, 7) is 3.86. The standard InChI is InChI=1S/C15H22N4O5S/c1-9-13(16-10(2)24-9)14(20)18-5-6-19(15(21)17(3)4)12-8-25(22,23)7-11(12)18/h11-12H,5-8H2,1-4H3/t11-,12+/m0/s1. The van der Waals surface area contributed by atoms with Gasteiger partial charge in [-0.05, 0) is 6.92 Å². The Morgan fingerprint density at radius 2 is 1.68 bits per heavy atom. The summed E-state index contributed by atoms with van der Waals surface area (Å²) in [6.07, 6.45) is 0. The maximum Gasteiger partial charge on any atom is 0.319 e. The zero-order chi connectivity index (χ0) is 18.5. The summed E-state index contributed by atoms with van der Waals surface area (Å²) in [5.41, 5.74) is 0.202. The molecule has 10 heteroatoms. The van der Waals surface area contributed by atoms with Crippen LogP contribution >= 0.6 is 0 Å². The van der Waals surface area contributed by atoms with Crippen LogP contribution in [0.25, 0.3) is 0 Å². The number of aryl methyl sites for hydroxylation is 2. The number of sulfone groups is 1. The van der Waals surface area contributed by atoms with Gasteiger partial charge in [0.1, 0.15) is 5.76 Å². The summed E-state index contributed by atoms with van der Waals surface area (Å²) in [4.78, 5) is 33.9. The molecule has 0 spiro atoms. The Kier molecular flexibility index (Phi) is 4.26. The van der Waals surface area contributed by atoms with Crippen molar-refractivity contribution in [2.45, 2.75) is 25.9 Å². The number of aromatic nitrogens is 1. The fourth-order valence-corrected chi connectivity index (χ4v) is 5.54. The van der Waals surface area contributed by atoms with Crippen molar-refractivity contribution in [2.24, 2.45) is 0 Å². The van der Waals surface area contributed by atoms with E-state index < -0.39 is 21.9 Å². The molecule has 9 nitrogen and oxygen atoms in total. The Hall–Kier alpha value is -2.10. The molecule has 2 atom stereocenters. The van der Waals surface area contributed by atoms with E-state index in [1.165, 1.54) is 9.80 Å². The van der Waals surface area contributed by atoms with Gasteiger partial charge in [-0.25, -0.2) is 18.2 Å². The van der Waals surface area contributed by atoms with Crippen LogP contribution in [0.3, 0.4) is 0 Å². The molecule has 2 aliphatic rings. The number of urea groups is 1. The van der Waals surface area contributed by atoms with Crippen molar-refractivity contribution in [1.82, 2.24) is 19.7 Å². The van der Waals surface area contributed by atoms with E-state index in [1.807, 2.05) is 0 Å². The van der Waals surface area contributed by atoms with Crippen LogP contribution in [0.15, 0.2) is 4.42 Å². The summed E-state index contributed by atoms with van der Waals surface area (Å²) >= 11 is 0. The summed E-state index contributed by atoms with van der Waals surface area (Å²) in [5, 5.41) is 0. The highest BCUT2D eigenvalue weighted by atomic mass is 32.2. The number of fused-ring (bicyclic) bond motifs is 1. The van der Waals surface area contributed by atoms with Gasteiger partial charge in [0.25, 0.3) is 5.91 Å². The highest BCUT2D eigenvalue weighted by molar-refractivity contribution is 7.91. The van der Waals surface area contributed by atoms with Crippen molar-refractivity contribution >= 4 is 21.8 Å². The number of hydrogen-bond donors (Lipinski definition) is 0. The predicted octanol–water partition coefficient (Wildman–Crippen LogP) is -0.104. The lowest BCUT2D eigenvalue weighted by Crippen LogP contribution is -2.63. The number of oxazole rings is 1. The first-order chi connectivity index (χ1) is 11.6. The Labute approximate surface area is 146 Å². The number of carbonyl (C=O) groups excluding carboxylic acids is 2. The lowest BCUT2D eigenvalue weighted by Gasteiger charge is -2.44. The van der Waals surface area contributed by atoms with Crippen molar-refractivity contribution in [3.05, 3.63) is 17.3 Å². The summed E-state index contributed by atoms with van der Waals surface area (Å²) in [5.74, 6) is 0.178. The molecule has 0 aliphatic carbocycles. The van der Waals surface area contributed by atoms with E-state index in [1.54, 1.807) is 32.8 Å². The quantitative estimate of drug-likeness (QED) is 0.684. The van der Waals surface area contributed by atoms with Crippen molar-refractivity contribution in [3.63, 3.8) is 0 Å². The van der Waals surface area contributed by atoms with Crippen molar-refractivity contribution in [1.29, 1.82) is 0 Å². The summed E-state index contributed by atoms with van der Waals surface area (Å²) < 4.78 is 29.7. The second kappa shape index (κ2) is 6.01. The third-order valence-electron chi connectivity index (χ3n) is 4.67. The van der Waals surface area contributed by atoms with E-state index in [0.29, 0.717) is 11.7 Å². The highest BCUT2D eigenvalue weighted by Gasteiger charge is 2.50. The predicted molar refractivity (Wildman–Crippen MR) is 89.0 cm³/mol. The van der Waals surface area contributed by atoms with Gasteiger partial charge in [-0.2, -0.15) is 0 Å². The second-order valence-corrected chi connectivity index (χ2v) is 8.87. The van der Waals surface area contributed by atoms with Gasteiger partial charge in [0.15, 0.2) is 21.4 Å². The van der Waals surface area contributed by atoms with Gasteiger partial charge in [0.2, 0.25) is 0 Å². The number of rotatable bonds is 1. The summed E-state index contributed by atoms with van der Waals surface area (Å²) in [6, 6.07) is -1.34. The van der Waals surface area contributed by atoms with Crippen LogP contribution < -0.4 is 0 Å². The molecule has 3 amide bonds. The van der Waals surface area contributed by atoms with Crippen LogP contribution in [-0.2, 0) is 9.84 Å². The maximum atomic E-state index is 12.9. The van der Waals surface area contributed by atoms with Crippen molar-refractivity contribution < 1.29 is 22.4 Å². The van der Waals surface area contributed by atoms with Gasteiger partial charge in [-0.15, -0.1) is 0 Å². The number of carbonyl (C=O) groups is 2. The van der Waals surface area contributed by atoms with Gasteiger partial charge in [-0.1, -0.05) is 0 Å². The average Bonchev–Trinajstić information content (AvgIpc) is 3.02. The molecule has 0 aromatic carbocycles. The Morgan fingerprint density at radius 3 is 2.20 bits per heavy atom. The van der Waals surface area contributed by atoms with E-state index in [4.69, 9.17) is 4.42 Å². The molecule has 2 aliphatic heterocycles. The minimum atomic E-state index is -3.32.